The molecule has 2 aromatic carbocycles. The summed E-state index contributed by atoms with van der Waals surface area (Å²) >= 11 is 1.48. The fourth-order valence-corrected chi connectivity index (χ4v) is 3.02. The average Bonchev–Trinajstić information content (AvgIpc) is 3.37. The van der Waals surface area contributed by atoms with Crippen LogP contribution in [-0.4, -0.2) is 11.2 Å². The van der Waals surface area contributed by atoms with Gasteiger partial charge >= 0.3 is 6.18 Å². The summed E-state index contributed by atoms with van der Waals surface area (Å²) in [7, 11) is 0. The lowest BCUT2D eigenvalue weighted by Gasteiger charge is -2.05. The van der Waals surface area contributed by atoms with Gasteiger partial charge in [0.1, 0.15) is 6.79 Å². The molecule has 0 N–H and O–H groups in total. The Kier molecular flexibility index (Phi) is 18.1. The maximum atomic E-state index is 12.0. The molecule has 0 radical (unpaired) electrons. The second kappa shape index (κ2) is 18.6. The number of carbonyl (C=O) groups is 1. The van der Waals surface area contributed by atoms with Gasteiger partial charge in [0.2, 0.25) is 0 Å². The monoisotopic (exact) mass is 477 g/mol. The number of rotatable bonds is 3. The minimum atomic E-state index is -4.22. The topological polar surface area (TPSA) is 30.0 Å². The molecule has 1 aromatic heterocycles. The van der Waals surface area contributed by atoms with E-state index in [1.165, 1.54) is 33.6 Å². The molecule has 180 valence electrons. The van der Waals surface area contributed by atoms with Crippen molar-refractivity contribution in [1.29, 1.82) is 0 Å². The molecule has 33 heavy (non-hydrogen) atoms. The first-order valence-electron chi connectivity index (χ1n) is 10.2. The Morgan fingerprint density at radius 1 is 0.939 bits per heavy atom. The largest absolute Gasteiger partial charge is 0.416 e. The van der Waals surface area contributed by atoms with Gasteiger partial charge in [0.25, 0.3) is 0 Å². The highest BCUT2D eigenvalue weighted by atomic mass is 32.1. The summed E-state index contributed by atoms with van der Waals surface area (Å²) in [5.41, 5.74) is 4.11. The van der Waals surface area contributed by atoms with Crippen molar-refractivity contribution in [3.63, 3.8) is 0 Å². The Balaban J connectivity index is 0. The van der Waals surface area contributed by atoms with Gasteiger partial charge in [0.15, 0.2) is 0 Å². The normalized spacial score (nSPS) is 9.30. The van der Waals surface area contributed by atoms with E-state index in [9.17, 15) is 13.2 Å². The first-order valence-corrected chi connectivity index (χ1v) is 11.0. The minimum Gasteiger partial charge on any atom is -0.307 e. The lowest BCUT2D eigenvalue weighted by atomic mass is 10.0. The molecule has 0 aliphatic carbocycles. The van der Waals surface area contributed by atoms with Crippen molar-refractivity contribution in [1.82, 2.24) is 4.37 Å². The maximum absolute atomic E-state index is 12.0. The molecule has 0 spiro atoms. The molecular weight excluding hydrogens is 443 g/mol. The zero-order valence-corrected chi connectivity index (χ0v) is 20.7. The Hall–Kier alpha value is -2.99. The molecule has 0 aliphatic rings. The Labute approximate surface area is 200 Å². The molecule has 0 saturated carbocycles. The third-order valence-electron chi connectivity index (χ3n) is 4.08. The van der Waals surface area contributed by atoms with Gasteiger partial charge in [-0.3, -0.25) is 0 Å². The summed E-state index contributed by atoms with van der Waals surface area (Å²) in [4.78, 5) is 9.17. The number of hydrogen-bond donors (Lipinski definition) is 0. The number of allylic oxidation sites excluding steroid dienone is 1. The number of halogens is 3. The third kappa shape index (κ3) is 13.9. The van der Waals surface area contributed by atoms with Gasteiger partial charge in [-0.25, -0.2) is 4.37 Å². The van der Waals surface area contributed by atoms with Crippen molar-refractivity contribution >= 4 is 23.9 Å². The number of benzene rings is 2. The van der Waals surface area contributed by atoms with E-state index in [1.54, 1.807) is 19.2 Å². The van der Waals surface area contributed by atoms with Crippen LogP contribution >= 0.6 is 11.5 Å². The fraction of sp³-hybridized carbons (Fsp3) is 0.259. The van der Waals surface area contributed by atoms with E-state index in [0.29, 0.717) is 5.56 Å². The molecule has 3 rings (SSSR count). The van der Waals surface area contributed by atoms with Crippen LogP contribution in [0.3, 0.4) is 0 Å². The molecule has 3 aromatic rings. The van der Waals surface area contributed by atoms with Crippen molar-refractivity contribution < 1.29 is 18.0 Å². The average molecular weight is 478 g/mol. The van der Waals surface area contributed by atoms with E-state index in [0.717, 1.165) is 30.5 Å². The summed E-state index contributed by atoms with van der Waals surface area (Å²) in [5.74, 6) is 0. The second-order valence-corrected chi connectivity index (χ2v) is 7.33. The number of nitrogens with zero attached hydrogens (tertiary/aromatic N) is 1. The lowest BCUT2D eigenvalue weighted by molar-refractivity contribution is -0.137. The van der Waals surface area contributed by atoms with Crippen molar-refractivity contribution in [3.8, 4) is 0 Å². The number of alkyl halides is 3. The summed E-state index contributed by atoms with van der Waals surface area (Å²) in [6.45, 7) is 19.8. The van der Waals surface area contributed by atoms with Crippen molar-refractivity contribution in [2.45, 2.75) is 46.7 Å². The van der Waals surface area contributed by atoms with Crippen LogP contribution in [0.4, 0.5) is 13.2 Å². The van der Waals surface area contributed by atoms with Crippen LogP contribution in [0.1, 0.15) is 47.9 Å². The highest BCUT2D eigenvalue weighted by Crippen LogP contribution is 2.29. The van der Waals surface area contributed by atoms with Crippen LogP contribution in [0.15, 0.2) is 80.5 Å². The molecule has 0 saturated heterocycles. The van der Waals surface area contributed by atoms with Gasteiger partial charge in [0, 0.05) is 6.20 Å². The fourth-order valence-electron chi connectivity index (χ4n) is 2.50. The Bertz CT molecular complexity index is 881. The van der Waals surface area contributed by atoms with E-state index in [4.69, 9.17) is 4.79 Å². The molecule has 2 nitrogen and oxygen atoms in total. The molecule has 0 unspecified atom stereocenters. The molecule has 0 aliphatic heterocycles. The van der Waals surface area contributed by atoms with E-state index in [-0.39, 0.29) is 0 Å². The quantitative estimate of drug-likeness (QED) is 0.353. The van der Waals surface area contributed by atoms with E-state index in [1.807, 2.05) is 19.8 Å². The molecular formula is C27H34F3NOS. The highest BCUT2D eigenvalue weighted by molar-refractivity contribution is 7.06. The maximum Gasteiger partial charge on any atom is 0.416 e. The third-order valence-corrected chi connectivity index (χ3v) is 4.99. The van der Waals surface area contributed by atoms with Gasteiger partial charge in [0.05, 0.1) is 10.4 Å². The predicted molar refractivity (Wildman–Crippen MR) is 137 cm³/mol. The van der Waals surface area contributed by atoms with Crippen molar-refractivity contribution in [2.75, 3.05) is 0 Å². The van der Waals surface area contributed by atoms with Gasteiger partial charge in [-0.2, -0.15) is 13.2 Å². The van der Waals surface area contributed by atoms with Crippen LogP contribution in [-0.2, 0) is 23.8 Å². The van der Waals surface area contributed by atoms with Gasteiger partial charge in [-0.05, 0) is 67.1 Å². The van der Waals surface area contributed by atoms with Crippen LogP contribution < -0.4 is 0 Å². The molecule has 0 fully saturated rings. The van der Waals surface area contributed by atoms with Crippen LogP contribution in [0, 0.1) is 6.92 Å². The standard InChI is InChI=1S/C10H14.C8H7F3.C6H7NS.C2H4.CH2O/c1-3-9-7-5-6-8-10(9)4-2;1-6-3-2-4-7(5-6)8(9,10)11;1-5(2)6-3-4-7-8-6;2*1-2/h5-8H,3-4H2,1-2H3;2-5H,1H3;3-4H,1H2,2H3;1-2H2;1H2. The number of hydrogen-bond acceptors (Lipinski definition) is 3. The summed E-state index contributed by atoms with van der Waals surface area (Å²) in [5, 5.41) is 0. The smallest absolute Gasteiger partial charge is 0.307 e. The molecule has 1 heterocycles. The summed E-state index contributed by atoms with van der Waals surface area (Å²) in [6, 6.07) is 15.8. The SMILES string of the molecule is C=C.C=C(C)c1ccns1.C=O.CCc1ccccc1CC.Cc1cccc(C(F)(F)F)c1. The summed E-state index contributed by atoms with van der Waals surface area (Å²) in [6.07, 6.45) is -0.116. The first-order chi connectivity index (χ1) is 15.7. The molecule has 6 heteroatoms. The summed E-state index contributed by atoms with van der Waals surface area (Å²) < 4.78 is 39.8. The van der Waals surface area contributed by atoms with Crippen LogP contribution in [0.2, 0.25) is 0 Å². The van der Waals surface area contributed by atoms with Crippen molar-refractivity contribution in [2.24, 2.45) is 0 Å². The molecule has 0 atom stereocenters. The number of carbonyl (C=O) groups excluding carboxylic acids is 1. The number of aromatic nitrogens is 1. The van der Waals surface area contributed by atoms with Gasteiger partial charge in [-0.15, -0.1) is 13.2 Å². The van der Waals surface area contributed by atoms with Gasteiger partial charge < -0.3 is 4.79 Å². The number of aryl methyl sites for hydroxylation is 3. The van der Waals surface area contributed by atoms with Crippen molar-refractivity contribution in [3.05, 3.63) is 108 Å². The Morgan fingerprint density at radius 2 is 1.45 bits per heavy atom. The van der Waals surface area contributed by atoms with E-state index >= 15 is 0 Å². The lowest BCUT2D eigenvalue weighted by Crippen LogP contribution is -2.04. The minimum absolute atomic E-state index is 0.586. The van der Waals surface area contributed by atoms with Crippen LogP contribution in [0.25, 0.3) is 5.57 Å². The molecule has 0 bridgehead atoms. The van der Waals surface area contributed by atoms with E-state index < -0.39 is 11.7 Å². The zero-order valence-electron chi connectivity index (χ0n) is 19.9. The van der Waals surface area contributed by atoms with E-state index in [2.05, 4.69) is 62.2 Å². The first kappa shape index (κ1) is 32.2. The second-order valence-electron chi connectivity index (χ2n) is 6.50. The zero-order chi connectivity index (χ0) is 25.9. The van der Waals surface area contributed by atoms with Gasteiger partial charge in [-0.1, -0.05) is 68.5 Å². The molecule has 0 amide bonds. The van der Waals surface area contributed by atoms with Crippen LogP contribution in [0.5, 0.6) is 0 Å². The highest BCUT2D eigenvalue weighted by Gasteiger charge is 2.29. The Morgan fingerprint density at radius 3 is 1.73 bits per heavy atom. The predicted octanol–water partition coefficient (Wildman–Crippen LogP) is 8.62.